The van der Waals surface area contributed by atoms with Gasteiger partial charge in [0.05, 0.1) is 12.8 Å². The quantitative estimate of drug-likeness (QED) is 0.580. The molecule has 0 aliphatic carbocycles. The summed E-state index contributed by atoms with van der Waals surface area (Å²) in [5, 5.41) is 19.2. The first kappa shape index (κ1) is 7.97. The maximum Gasteiger partial charge on any atom is 0.141 e. The fraction of sp³-hybridized carbons (Fsp3) is 0.286. The van der Waals surface area contributed by atoms with Crippen molar-refractivity contribution < 1.29 is 14.9 Å². The van der Waals surface area contributed by atoms with Crippen LogP contribution in [0.1, 0.15) is 12.0 Å². The minimum absolute atomic E-state index is 0.0231. The molecule has 0 aromatic carbocycles. The third kappa shape index (κ3) is 1.66. The fourth-order valence-corrected chi connectivity index (χ4v) is 0.761. The number of hydrogen-bond donors (Lipinski definition) is 1. The van der Waals surface area contributed by atoms with Crippen molar-refractivity contribution in [1.29, 1.82) is 0 Å². The number of aliphatic hydroxyl groups excluding tert-OH is 1. The van der Waals surface area contributed by atoms with Crippen molar-refractivity contribution in [2.75, 3.05) is 7.11 Å². The van der Waals surface area contributed by atoms with E-state index in [1.54, 1.807) is 12.1 Å². The van der Waals surface area contributed by atoms with E-state index in [0.717, 1.165) is 0 Å². The lowest BCUT2D eigenvalue weighted by atomic mass is 10.3. The highest BCUT2D eigenvalue weighted by atomic mass is 16.5. The van der Waals surface area contributed by atoms with E-state index in [1.165, 1.54) is 13.3 Å². The third-order valence-corrected chi connectivity index (χ3v) is 1.25. The number of aliphatic hydroxyl groups is 1. The van der Waals surface area contributed by atoms with E-state index in [2.05, 4.69) is 4.98 Å². The lowest BCUT2D eigenvalue weighted by Crippen LogP contribution is -2.16. The smallest absolute Gasteiger partial charge is 0.141 e. The van der Waals surface area contributed by atoms with Gasteiger partial charge in [-0.15, -0.1) is 0 Å². The van der Waals surface area contributed by atoms with Crippen molar-refractivity contribution in [3.8, 4) is 5.75 Å². The van der Waals surface area contributed by atoms with E-state index in [4.69, 9.17) is 9.84 Å². The van der Waals surface area contributed by atoms with E-state index in [9.17, 15) is 5.11 Å². The van der Waals surface area contributed by atoms with Crippen LogP contribution in [0.5, 0.6) is 5.75 Å². The standard InChI is InChI=1S/C7H8NO3/c1-11-5-3-2-4-8-6(5)7(9)10/h2-4,7,9H,1H3/q-1. The summed E-state index contributed by atoms with van der Waals surface area (Å²) in [7, 11) is 1.42. The number of pyridine rings is 1. The summed E-state index contributed by atoms with van der Waals surface area (Å²) >= 11 is 0. The second-order valence-electron chi connectivity index (χ2n) is 1.94. The largest absolute Gasteiger partial charge is 0.826 e. The normalized spacial score (nSPS) is 12.6. The second kappa shape index (κ2) is 3.32. The summed E-state index contributed by atoms with van der Waals surface area (Å²) in [6, 6.07) is 3.20. The maximum atomic E-state index is 10.5. The highest BCUT2D eigenvalue weighted by Crippen LogP contribution is 2.17. The predicted octanol–water partition coefficient (Wildman–Crippen LogP) is -0.559. The van der Waals surface area contributed by atoms with Crippen molar-refractivity contribution >= 4 is 0 Å². The van der Waals surface area contributed by atoms with Crippen LogP contribution in [0.4, 0.5) is 0 Å². The number of rotatable bonds is 2. The van der Waals surface area contributed by atoms with Gasteiger partial charge in [0.25, 0.3) is 0 Å². The van der Waals surface area contributed by atoms with Crippen LogP contribution < -0.4 is 9.84 Å². The van der Waals surface area contributed by atoms with Gasteiger partial charge in [-0.1, -0.05) is 0 Å². The lowest BCUT2D eigenvalue weighted by molar-refractivity contribution is -0.491. The molecule has 1 rings (SSSR count). The molecule has 1 atom stereocenters. The van der Waals surface area contributed by atoms with Crippen molar-refractivity contribution in [2.45, 2.75) is 6.29 Å². The van der Waals surface area contributed by atoms with Gasteiger partial charge >= 0.3 is 0 Å². The fourth-order valence-electron chi connectivity index (χ4n) is 0.761. The van der Waals surface area contributed by atoms with Gasteiger partial charge in [0, 0.05) is 12.5 Å². The molecule has 0 saturated carbocycles. The highest BCUT2D eigenvalue weighted by molar-refractivity contribution is 5.26. The molecular weight excluding hydrogens is 146 g/mol. The monoisotopic (exact) mass is 154 g/mol. The molecule has 0 aliphatic heterocycles. The van der Waals surface area contributed by atoms with Gasteiger partial charge in [-0.3, -0.25) is 4.98 Å². The van der Waals surface area contributed by atoms with Crippen LogP contribution in [-0.2, 0) is 0 Å². The van der Waals surface area contributed by atoms with E-state index in [0.29, 0.717) is 5.75 Å². The van der Waals surface area contributed by atoms with Crippen LogP contribution in [0.25, 0.3) is 0 Å². The van der Waals surface area contributed by atoms with Gasteiger partial charge in [-0.25, -0.2) is 0 Å². The Balaban J connectivity index is 3.02. The van der Waals surface area contributed by atoms with Gasteiger partial charge in [0.1, 0.15) is 5.75 Å². The van der Waals surface area contributed by atoms with E-state index in [1.807, 2.05) is 0 Å². The number of hydrogen-bond acceptors (Lipinski definition) is 4. The molecule has 0 bridgehead atoms. The molecule has 1 heterocycles. The van der Waals surface area contributed by atoms with Gasteiger partial charge < -0.3 is 14.9 Å². The van der Waals surface area contributed by atoms with Crippen molar-refractivity contribution in [2.24, 2.45) is 0 Å². The Morgan fingerprint density at radius 1 is 1.73 bits per heavy atom. The molecule has 1 N–H and O–H groups in total. The summed E-state index contributed by atoms with van der Waals surface area (Å²) in [5.74, 6) is 0.315. The Kier molecular flexibility index (Phi) is 2.40. The van der Waals surface area contributed by atoms with Crippen LogP contribution >= 0.6 is 0 Å². The van der Waals surface area contributed by atoms with Crippen molar-refractivity contribution in [1.82, 2.24) is 4.98 Å². The van der Waals surface area contributed by atoms with Gasteiger partial charge in [-0.05, 0) is 12.1 Å². The van der Waals surface area contributed by atoms with Crippen LogP contribution in [0.2, 0.25) is 0 Å². The molecule has 0 fully saturated rings. The highest BCUT2D eigenvalue weighted by Gasteiger charge is 2.02. The molecule has 11 heavy (non-hydrogen) atoms. The van der Waals surface area contributed by atoms with Crippen LogP contribution in [0, 0.1) is 0 Å². The summed E-state index contributed by atoms with van der Waals surface area (Å²) in [4.78, 5) is 3.66. The minimum atomic E-state index is -1.83. The van der Waals surface area contributed by atoms with Crippen molar-refractivity contribution in [3.63, 3.8) is 0 Å². The SMILES string of the molecule is COc1cccnc1C([O-])O. The average Bonchev–Trinajstić information content (AvgIpc) is 2.04. The molecule has 1 aromatic heterocycles. The van der Waals surface area contributed by atoms with E-state index >= 15 is 0 Å². The van der Waals surface area contributed by atoms with Crippen molar-refractivity contribution in [3.05, 3.63) is 24.0 Å². The molecule has 1 unspecified atom stereocenters. The summed E-state index contributed by atoms with van der Waals surface area (Å²) in [6.07, 6.45) is -0.398. The Morgan fingerprint density at radius 2 is 2.45 bits per heavy atom. The van der Waals surface area contributed by atoms with Crippen LogP contribution in [0.3, 0.4) is 0 Å². The molecule has 0 spiro atoms. The van der Waals surface area contributed by atoms with Gasteiger partial charge in [0.2, 0.25) is 0 Å². The molecule has 0 aliphatic rings. The third-order valence-electron chi connectivity index (χ3n) is 1.25. The molecular formula is C7H8NO3-. The minimum Gasteiger partial charge on any atom is -0.826 e. The first-order valence-electron chi connectivity index (χ1n) is 3.08. The summed E-state index contributed by atoms with van der Waals surface area (Å²) in [6.45, 7) is 0. The maximum absolute atomic E-state index is 10.5. The number of ether oxygens (including phenoxy) is 1. The second-order valence-corrected chi connectivity index (χ2v) is 1.94. The first-order valence-corrected chi connectivity index (χ1v) is 3.08. The molecule has 4 nitrogen and oxygen atoms in total. The topological polar surface area (TPSA) is 65.4 Å². The zero-order chi connectivity index (χ0) is 8.27. The zero-order valence-electron chi connectivity index (χ0n) is 6.02. The predicted molar refractivity (Wildman–Crippen MR) is 35.7 cm³/mol. The van der Waals surface area contributed by atoms with E-state index < -0.39 is 6.29 Å². The number of aromatic nitrogens is 1. The first-order chi connectivity index (χ1) is 5.25. The number of methoxy groups -OCH3 is 1. The summed E-state index contributed by atoms with van der Waals surface area (Å²) < 4.78 is 4.78. The average molecular weight is 154 g/mol. The van der Waals surface area contributed by atoms with Crippen LogP contribution in [-0.4, -0.2) is 17.2 Å². The Labute approximate surface area is 64.1 Å². The molecule has 0 radical (unpaired) electrons. The van der Waals surface area contributed by atoms with Gasteiger partial charge in [0.15, 0.2) is 0 Å². The molecule has 0 saturated heterocycles. The zero-order valence-corrected chi connectivity index (χ0v) is 6.02. The molecule has 4 heteroatoms. The molecule has 60 valence electrons. The number of nitrogens with zero attached hydrogens (tertiary/aromatic N) is 1. The van der Waals surface area contributed by atoms with Crippen LogP contribution in [0.15, 0.2) is 18.3 Å². The summed E-state index contributed by atoms with van der Waals surface area (Å²) in [5.41, 5.74) is 0.0231. The Morgan fingerprint density at radius 3 is 2.91 bits per heavy atom. The molecule has 0 amide bonds. The molecule has 1 aromatic rings. The Bertz CT molecular complexity index is 237. The Hall–Kier alpha value is -1.13. The van der Waals surface area contributed by atoms with E-state index in [-0.39, 0.29) is 5.69 Å². The lowest BCUT2D eigenvalue weighted by Gasteiger charge is -2.16. The van der Waals surface area contributed by atoms with Gasteiger partial charge in [-0.2, -0.15) is 0 Å².